The van der Waals surface area contributed by atoms with E-state index in [1.165, 1.54) is 14.0 Å². The summed E-state index contributed by atoms with van der Waals surface area (Å²) < 4.78 is 34.9. The molecule has 31 heavy (non-hydrogen) atoms. The molecule has 0 aromatic heterocycles. The van der Waals surface area contributed by atoms with E-state index in [9.17, 15) is 9.59 Å². The van der Waals surface area contributed by atoms with Gasteiger partial charge in [0.2, 0.25) is 5.91 Å². The number of rotatable bonds is 7. The molecule has 2 aliphatic heterocycles. The average Bonchev–Trinajstić information content (AvgIpc) is 2.73. The van der Waals surface area contributed by atoms with E-state index in [-0.39, 0.29) is 19.1 Å². The standard InChI is InChI=1S/C22H31NO8/c1-13(20(25)26-5)29-19-17(23-14(2)24)21(27-11-15-9-7-6-8-10-15)30-16-12-28-22(3,4)31-18(16)19/h6-10,13,16-19,21H,11-12H2,1-5H3,(H,23,24)/t13-,16-,17-,18-,19-,21+/m0/s1. The Morgan fingerprint density at radius 1 is 1.26 bits per heavy atom. The fourth-order valence-electron chi connectivity index (χ4n) is 3.73. The highest BCUT2D eigenvalue weighted by Gasteiger charge is 2.53. The van der Waals surface area contributed by atoms with Crippen molar-refractivity contribution in [2.75, 3.05) is 13.7 Å². The molecule has 0 unspecified atom stereocenters. The molecule has 1 N–H and O–H groups in total. The zero-order chi connectivity index (χ0) is 22.6. The number of carbonyl (C=O) groups is 2. The maximum atomic E-state index is 12.0. The number of nitrogens with one attached hydrogen (secondary N) is 1. The van der Waals surface area contributed by atoms with Gasteiger partial charge in [-0.1, -0.05) is 30.3 Å². The van der Waals surface area contributed by atoms with Crippen LogP contribution in [-0.2, 0) is 44.6 Å². The summed E-state index contributed by atoms with van der Waals surface area (Å²) in [5, 5.41) is 2.85. The van der Waals surface area contributed by atoms with Gasteiger partial charge in [0.1, 0.15) is 24.4 Å². The van der Waals surface area contributed by atoms with E-state index in [1.807, 2.05) is 30.3 Å². The lowest BCUT2D eigenvalue weighted by atomic mass is 9.94. The second-order valence-electron chi connectivity index (χ2n) is 8.13. The zero-order valence-electron chi connectivity index (χ0n) is 18.5. The Kier molecular flexibility index (Phi) is 7.66. The van der Waals surface area contributed by atoms with Gasteiger partial charge in [0.05, 0.1) is 20.3 Å². The lowest BCUT2D eigenvalue weighted by Crippen LogP contribution is -2.69. The van der Waals surface area contributed by atoms with Gasteiger partial charge in [0, 0.05) is 6.92 Å². The summed E-state index contributed by atoms with van der Waals surface area (Å²) in [5.41, 5.74) is 0.951. The monoisotopic (exact) mass is 437 g/mol. The summed E-state index contributed by atoms with van der Waals surface area (Å²) in [4.78, 5) is 24.0. The summed E-state index contributed by atoms with van der Waals surface area (Å²) in [7, 11) is 1.29. The second-order valence-corrected chi connectivity index (χ2v) is 8.13. The average molecular weight is 437 g/mol. The Morgan fingerprint density at radius 3 is 2.61 bits per heavy atom. The van der Waals surface area contributed by atoms with E-state index >= 15 is 0 Å². The normalized spacial score (nSPS) is 30.7. The molecule has 3 rings (SSSR count). The molecule has 0 radical (unpaired) electrons. The number of hydrogen-bond acceptors (Lipinski definition) is 8. The minimum Gasteiger partial charge on any atom is -0.467 e. The number of hydrogen-bond donors (Lipinski definition) is 1. The summed E-state index contributed by atoms with van der Waals surface area (Å²) in [6.07, 6.45) is -3.55. The van der Waals surface area contributed by atoms with Crippen LogP contribution in [0.3, 0.4) is 0 Å². The first kappa shape index (κ1) is 23.6. The SMILES string of the molecule is COC(=O)[C@H](C)O[C@H]1[C@H](NC(C)=O)[C@H](OCc2ccccc2)O[C@H]2COC(C)(C)O[C@H]12. The highest BCUT2D eigenvalue weighted by Crippen LogP contribution is 2.35. The van der Waals surface area contributed by atoms with E-state index in [4.69, 9.17) is 28.4 Å². The minimum absolute atomic E-state index is 0.252. The molecule has 172 valence electrons. The fraction of sp³-hybridized carbons (Fsp3) is 0.636. The molecular formula is C22H31NO8. The fourth-order valence-corrected chi connectivity index (χ4v) is 3.73. The second kappa shape index (κ2) is 10.1. The van der Waals surface area contributed by atoms with Crippen LogP contribution in [0.4, 0.5) is 0 Å². The van der Waals surface area contributed by atoms with E-state index in [0.717, 1.165) is 5.56 Å². The molecule has 2 fully saturated rings. The van der Waals surface area contributed by atoms with Gasteiger partial charge in [-0.05, 0) is 26.3 Å². The van der Waals surface area contributed by atoms with Crippen molar-refractivity contribution in [3.63, 3.8) is 0 Å². The van der Waals surface area contributed by atoms with Gasteiger partial charge >= 0.3 is 5.97 Å². The van der Waals surface area contributed by atoms with Gasteiger partial charge in [-0.25, -0.2) is 4.79 Å². The maximum Gasteiger partial charge on any atom is 0.334 e. The molecule has 0 bridgehead atoms. The molecule has 0 saturated carbocycles. The van der Waals surface area contributed by atoms with Crippen molar-refractivity contribution in [1.82, 2.24) is 5.32 Å². The molecule has 9 heteroatoms. The van der Waals surface area contributed by atoms with Gasteiger partial charge in [-0.2, -0.15) is 0 Å². The molecule has 9 nitrogen and oxygen atoms in total. The van der Waals surface area contributed by atoms with Gasteiger partial charge in [0.25, 0.3) is 0 Å². The van der Waals surface area contributed by atoms with E-state index in [2.05, 4.69) is 5.32 Å². The van der Waals surface area contributed by atoms with Crippen LogP contribution in [0.5, 0.6) is 0 Å². The highest BCUT2D eigenvalue weighted by atomic mass is 16.8. The van der Waals surface area contributed by atoms with E-state index in [1.54, 1.807) is 20.8 Å². The summed E-state index contributed by atoms with van der Waals surface area (Å²) in [6.45, 7) is 7.08. The van der Waals surface area contributed by atoms with Crippen LogP contribution < -0.4 is 5.32 Å². The number of esters is 1. The Bertz CT molecular complexity index is 755. The van der Waals surface area contributed by atoms with Crippen molar-refractivity contribution in [3.8, 4) is 0 Å². The number of fused-ring (bicyclic) bond motifs is 1. The molecule has 2 saturated heterocycles. The van der Waals surface area contributed by atoms with Gasteiger partial charge < -0.3 is 33.7 Å². The van der Waals surface area contributed by atoms with Crippen LogP contribution in [0.1, 0.15) is 33.3 Å². The Balaban J connectivity index is 1.86. The molecule has 1 aromatic carbocycles. The quantitative estimate of drug-likeness (QED) is 0.641. The van der Waals surface area contributed by atoms with Gasteiger partial charge in [-0.3, -0.25) is 4.79 Å². The van der Waals surface area contributed by atoms with Crippen LogP contribution in [0, 0.1) is 0 Å². The summed E-state index contributed by atoms with van der Waals surface area (Å²) in [6, 6.07) is 8.89. The first-order valence-electron chi connectivity index (χ1n) is 10.3. The smallest absolute Gasteiger partial charge is 0.334 e. The number of amides is 1. The lowest BCUT2D eigenvalue weighted by molar-refractivity contribution is -0.374. The van der Waals surface area contributed by atoms with Crippen molar-refractivity contribution < 1.29 is 38.0 Å². The molecule has 6 atom stereocenters. The highest BCUT2D eigenvalue weighted by molar-refractivity contribution is 5.74. The predicted molar refractivity (Wildman–Crippen MR) is 109 cm³/mol. The topological polar surface area (TPSA) is 102 Å². The van der Waals surface area contributed by atoms with Crippen molar-refractivity contribution in [1.29, 1.82) is 0 Å². The van der Waals surface area contributed by atoms with Crippen LogP contribution in [0.2, 0.25) is 0 Å². The van der Waals surface area contributed by atoms with Crippen LogP contribution in [0.15, 0.2) is 30.3 Å². The summed E-state index contributed by atoms with van der Waals surface area (Å²) >= 11 is 0. The maximum absolute atomic E-state index is 12.0. The largest absolute Gasteiger partial charge is 0.467 e. The molecule has 1 aromatic rings. The number of methoxy groups -OCH3 is 1. The van der Waals surface area contributed by atoms with Crippen molar-refractivity contribution in [2.24, 2.45) is 0 Å². The molecule has 0 aliphatic carbocycles. The third-order valence-corrected chi connectivity index (χ3v) is 5.18. The Hall–Kier alpha value is -2.04. The van der Waals surface area contributed by atoms with Crippen molar-refractivity contribution in [2.45, 2.75) is 76.8 Å². The van der Waals surface area contributed by atoms with Gasteiger partial charge in [-0.15, -0.1) is 0 Å². The van der Waals surface area contributed by atoms with E-state index in [0.29, 0.717) is 0 Å². The van der Waals surface area contributed by atoms with Crippen LogP contribution >= 0.6 is 0 Å². The van der Waals surface area contributed by atoms with E-state index < -0.39 is 48.5 Å². The van der Waals surface area contributed by atoms with Gasteiger partial charge in [0.15, 0.2) is 18.2 Å². The molecule has 2 aliphatic rings. The number of ether oxygens (including phenoxy) is 6. The number of carbonyl (C=O) groups excluding carboxylic acids is 2. The Morgan fingerprint density at radius 2 is 1.97 bits per heavy atom. The van der Waals surface area contributed by atoms with Crippen LogP contribution in [0.25, 0.3) is 0 Å². The summed E-state index contributed by atoms with van der Waals surface area (Å²) in [5.74, 6) is -1.69. The molecule has 0 spiro atoms. The third kappa shape index (κ3) is 6.02. The molecular weight excluding hydrogens is 406 g/mol. The zero-order valence-corrected chi connectivity index (χ0v) is 18.5. The predicted octanol–water partition coefficient (Wildman–Crippen LogP) is 1.53. The Labute approximate surface area is 182 Å². The first-order chi connectivity index (χ1) is 14.7. The first-order valence-corrected chi connectivity index (χ1v) is 10.3. The third-order valence-electron chi connectivity index (χ3n) is 5.18. The molecule has 2 heterocycles. The minimum atomic E-state index is -0.880. The molecule has 1 amide bonds. The lowest BCUT2D eigenvalue weighted by Gasteiger charge is -2.51. The van der Waals surface area contributed by atoms with Crippen LogP contribution in [-0.4, -0.2) is 68.1 Å². The number of benzene rings is 1. The van der Waals surface area contributed by atoms with Crippen molar-refractivity contribution >= 4 is 11.9 Å². The van der Waals surface area contributed by atoms with Crippen molar-refractivity contribution in [3.05, 3.63) is 35.9 Å².